The Labute approximate surface area is 240 Å². The van der Waals surface area contributed by atoms with Crippen molar-refractivity contribution >= 4 is 69.1 Å². The van der Waals surface area contributed by atoms with E-state index in [0.717, 1.165) is 11.1 Å². The number of fused-ring (bicyclic) bond motifs is 2. The van der Waals surface area contributed by atoms with Crippen LogP contribution >= 0.6 is 23.2 Å². The first-order valence-electron chi connectivity index (χ1n) is 12.0. The van der Waals surface area contributed by atoms with Crippen LogP contribution in [-0.4, -0.2) is 43.6 Å². The Bertz CT molecular complexity index is 1970. The number of anilines is 3. The Balaban J connectivity index is 1.20. The lowest BCUT2D eigenvalue weighted by Gasteiger charge is -2.12. The lowest BCUT2D eigenvalue weighted by atomic mass is 10.2. The largest absolute Gasteiger partial charge is 0.493 e. The average Bonchev–Trinajstić information content (AvgIpc) is 3.57. The second-order valence-corrected chi connectivity index (χ2v) is 9.45. The fraction of sp³-hybridized carbons (Fsp3) is 0.0769. The summed E-state index contributed by atoms with van der Waals surface area (Å²) in [7, 11) is 1.55. The third kappa shape index (κ3) is 5.76. The van der Waals surface area contributed by atoms with Gasteiger partial charge in [0, 0.05) is 21.3 Å². The monoisotopic (exact) mass is 591 g/mol. The third-order valence-corrected chi connectivity index (χ3v) is 6.45. The van der Waals surface area contributed by atoms with Crippen LogP contribution < -0.4 is 25.9 Å². The van der Waals surface area contributed by atoms with Gasteiger partial charge in [-0.05, 0) is 64.4 Å². The fourth-order valence-electron chi connectivity index (χ4n) is 3.90. The molecule has 3 heterocycles. The van der Waals surface area contributed by atoms with Crippen molar-refractivity contribution in [3.8, 4) is 11.5 Å². The molecule has 6 rings (SSSR count). The topological polar surface area (TPSA) is 168 Å². The molecule has 0 saturated carbocycles. The van der Waals surface area contributed by atoms with Crippen LogP contribution in [0.15, 0.2) is 69.1 Å². The molecular weight excluding hydrogens is 573 g/mol. The van der Waals surface area contributed by atoms with Gasteiger partial charge in [0.2, 0.25) is 11.3 Å². The maximum Gasteiger partial charge on any atom is 0.323 e. The number of imidazole rings is 1. The molecule has 206 valence electrons. The molecule has 3 aromatic heterocycles. The molecule has 0 unspecified atom stereocenters. The van der Waals surface area contributed by atoms with Crippen molar-refractivity contribution in [1.82, 2.24) is 30.2 Å². The molecule has 0 saturated heterocycles. The number of aromatic amines is 2. The van der Waals surface area contributed by atoms with Gasteiger partial charge in [-0.25, -0.2) is 14.4 Å². The Morgan fingerprint density at radius 1 is 0.951 bits per heavy atom. The van der Waals surface area contributed by atoms with E-state index >= 15 is 0 Å². The molecule has 0 spiro atoms. The number of nitrogens with one attached hydrogen (secondary N) is 4. The molecule has 4 N–H and O–H groups in total. The normalized spacial score (nSPS) is 11.4. The molecule has 13 nitrogen and oxygen atoms in total. The fourth-order valence-corrected chi connectivity index (χ4v) is 4.36. The molecule has 6 aromatic rings. The molecule has 3 aromatic carbocycles. The van der Waals surface area contributed by atoms with Crippen LogP contribution in [0.4, 0.5) is 17.3 Å². The van der Waals surface area contributed by atoms with Gasteiger partial charge in [-0.2, -0.15) is 10.1 Å². The summed E-state index contributed by atoms with van der Waals surface area (Å²) < 4.78 is 16.2. The van der Waals surface area contributed by atoms with Crippen molar-refractivity contribution in [2.24, 2.45) is 5.10 Å². The van der Waals surface area contributed by atoms with Gasteiger partial charge < -0.3 is 24.8 Å². The molecule has 0 fully saturated rings. The predicted molar refractivity (Wildman–Crippen MR) is 155 cm³/mol. The SMILES string of the molecule is COc1cc(C=NNc2nc3nonc3nc2Nc2ccc3[nH]c(=O)[nH]c3c2)ccc1OCc1ccc(Cl)cc1Cl. The van der Waals surface area contributed by atoms with Crippen molar-refractivity contribution < 1.29 is 14.1 Å². The molecule has 0 bridgehead atoms. The van der Waals surface area contributed by atoms with E-state index < -0.39 is 0 Å². The summed E-state index contributed by atoms with van der Waals surface area (Å²) in [6.07, 6.45) is 1.58. The zero-order valence-electron chi connectivity index (χ0n) is 21.1. The first kappa shape index (κ1) is 26.1. The lowest BCUT2D eigenvalue weighted by Crippen LogP contribution is -2.03. The van der Waals surface area contributed by atoms with E-state index in [4.69, 9.17) is 37.3 Å². The minimum absolute atomic E-state index is 0.197. The number of hydrogen-bond acceptors (Lipinski definition) is 11. The van der Waals surface area contributed by atoms with Crippen LogP contribution in [0, 0.1) is 0 Å². The Hall–Kier alpha value is -5.14. The Morgan fingerprint density at radius 3 is 2.56 bits per heavy atom. The van der Waals surface area contributed by atoms with E-state index in [1.165, 1.54) is 0 Å². The molecule has 0 aliphatic rings. The van der Waals surface area contributed by atoms with Gasteiger partial charge in [0.25, 0.3) is 0 Å². The van der Waals surface area contributed by atoms with Gasteiger partial charge in [0.05, 0.1) is 24.4 Å². The zero-order valence-corrected chi connectivity index (χ0v) is 22.6. The number of H-pyrrole nitrogens is 2. The smallest absolute Gasteiger partial charge is 0.323 e. The minimum atomic E-state index is -0.300. The maximum absolute atomic E-state index is 11.6. The number of rotatable bonds is 9. The van der Waals surface area contributed by atoms with E-state index in [1.807, 2.05) is 12.1 Å². The maximum atomic E-state index is 11.6. The number of hydrazone groups is 1. The Kier molecular flexibility index (Phi) is 7.10. The number of nitrogens with zero attached hydrogens (tertiary/aromatic N) is 5. The van der Waals surface area contributed by atoms with Crippen molar-refractivity contribution in [1.29, 1.82) is 0 Å². The first-order valence-corrected chi connectivity index (χ1v) is 12.7. The summed E-state index contributed by atoms with van der Waals surface area (Å²) in [6, 6.07) is 15.9. The Morgan fingerprint density at radius 2 is 1.76 bits per heavy atom. The van der Waals surface area contributed by atoms with E-state index in [-0.39, 0.29) is 29.4 Å². The predicted octanol–water partition coefficient (Wildman–Crippen LogP) is 5.27. The van der Waals surface area contributed by atoms with E-state index in [2.05, 4.69) is 46.1 Å². The van der Waals surface area contributed by atoms with Crippen LogP contribution in [0.5, 0.6) is 11.5 Å². The van der Waals surface area contributed by atoms with E-state index in [0.29, 0.717) is 44.1 Å². The van der Waals surface area contributed by atoms with Crippen LogP contribution in [0.1, 0.15) is 11.1 Å². The molecule has 0 aliphatic heterocycles. The van der Waals surface area contributed by atoms with Gasteiger partial charge in [0.15, 0.2) is 23.1 Å². The summed E-state index contributed by atoms with van der Waals surface area (Å²) in [5.41, 5.74) is 6.44. The standard InChI is InChI=1S/C26H19Cl2N9O4/c1-39-21-8-13(2-7-20(21)40-12-14-3-4-15(27)9-17(14)28)11-29-35-23-22(33-24-25(34-23)37-41-36-24)30-16-5-6-18-19(10-16)32-26(38)31-18/h2-11H,12H2,1H3,(H,30,33,36)(H2,31,32,38)(H,34,35,37). The van der Waals surface area contributed by atoms with Crippen molar-refractivity contribution in [2.75, 3.05) is 17.9 Å². The number of hydrogen-bond donors (Lipinski definition) is 4. The minimum Gasteiger partial charge on any atom is -0.493 e. The highest BCUT2D eigenvalue weighted by molar-refractivity contribution is 6.35. The zero-order chi connectivity index (χ0) is 28.3. The first-order chi connectivity index (χ1) is 19.9. The van der Waals surface area contributed by atoms with Gasteiger partial charge in [-0.15, -0.1) is 0 Å². The second-order valence-electron chi connectivity index (χ2n) is 8.60. The molecule has 0 atom stereocenters. The molecular formula is C26H19Cl2N9O4. The number of ether oxygens (including phenoxy) is 2. The van der Waals surface area contributed by atoms with Gasteiger partial charge in [-0.1, -0.05) is 29.3 Å². The summed E-state index contributed by atoms with van der Waals surface area (Å²) in [5, 5.41) is 16.0. The van der Waals surface area contributed by atoms with Gasteiger partial charge >= 0.3 is 5.69 Å². The van der Waals surface area contributed by atoms with Crippen molar-refractivity contribution in [3.05, 3.63) is 86.3 Å². The molecule has 0 amide bonds. The van der Waals surface area contributed by atoms with Gasteiger partial charge in [-0.3, -0.25) is 5.43 Å². The number of aromatic nitrogens is 6. The highest BCUT2D eigenvalue weighted by Crippen LogP contribution is 2.30. The summed E-state index contributed by atoms with van der Waals surface area (Å²) in [5.74, 6) is 1.61. The molecule has 0 aliphatic carbocycles. The average molecular weight is 592 g/mol. The third-order valence-electron chi connectivity index (χ3n) is 5.86. The highest BCUT2D eigenvalue weighted by Gasteiger charge is 2.14. The van der Waals surface area contributed by atoms with E-state index in [9.17, 15) is 4.79 Å². The van der Waals surface area contributed by atoms with Crippen LogP contribution in [0.2, 0.25) is 10.0 Å². The number of halogens is 2. The number of methoxy groups -OCH3 is 1. The molecule has 41 heavy (non-hydrogen) atoms. The molecule has 0 radical (unpaired) electrons. The summed E-state index contributed by atoms with van der Waals surface area (Å²) in [4.78, 5) is 25.8. The van der Waals surface area contributed by atoms with Crippen molar-refractivity contribution in [2.45, 2.75) is 6.61 Å². The number of benzene rings is 3. The summed E-state index contributed by atoms with van der Waals surface area (Å²) >= 11 is 12.2. The van der Waals surface area contributed by atoms with Gasteiger partial charge in [0.1, 0.15) is 6.61 Å². The summed E-state index contributed by atoms with van der Waals surface area (Å²) in [6.45, 7) is 0.238. The van der Waals surface area contributed by atoms with Crippen molar-refractivity contribution in [3.63, 3.8) is 0 Å². The van der Waals surface area contributed by atoms with Crippen LogP contribution in [-0.2, 0) is 6.61 Å². The molecule has 15 heteroatoms. The quantitative estimate of drug-likeness (QED) is 0.128. The van der Waals surface area contributed by atoms with E-state index in [1.54, 1.807) is 55.8 Å². The lowest BCUT2D eigenvalue weighted by molar-refractivity contribution is 0.284. The van der Waals surface area contributed by atoms with Crippen LogP contribution in [0.25, 0.3) is 22.3 Å². The van der Waals surface area contributed by atoms with Crippen LogP contribution in [0.3, 0.4) is 0 Å². The highest BCUT2D eigenvalue weighted by atomic mass is 35.5. The second kappa shape index (κ2) is 11.2.